The lowest BCUT2D eigenvalue weighted by Crippen LogP contribution is -2.43. The Bertz CT molecular complexity index is 380. The Hall–Kier alpha value is -1.52. The zero-order chi connectivity index (χ0) is 13.3. The van der Waals surface area contributed by atoms with Crippen molar-refractivity contribution in [3.8, 4) is 0 Å². The maximum Gasteiger partial charge on any atom is 0.317 e. The lowest BCUT2D eigenvalue weighted by molar-refractivity contribution is -0.140. The Morgan fingerprint density at radius 3 is 2.56 bits per heavy atom. The number of nitrogens with zero attached hydrogens (tertiary/aromatic N) is 1. The first kappa shape index (κ1) is 12.9. The molecule has 5 heteroatoms. The van der Waals surface area contributed by atoms with E-state index >= 15 is 0 Å². The molecule has 0 radical (unpaired) electrons. The number of amides is 2. The van der Waals surface area contributed by atoms with E-state index in [0.717, 1.165) is 12.5 Å². The molecule has 0 aromatic heterocycles. The quantitative estimate of drug-likeness (QED) is 0.741. The number of aliphatic carboxylic acids is 1. The summed E-state index contributed by atoms with van der Waals surface area (Å²) in [6, 6.07) is -0.271. The van der Waals surface area contributed by atoms with Gasteiger partial charge in [0.05, 0.1) is 12.0 Å². The number of urea groups is 1. The Labute approximate surface area is 107 Å². The minimum Gasteiger partial charge on any atom is -0.481 e. The molecule has 0 spiro atoms. The van der Waals surface area contributed by atoms with Crippen LogP contribution in [0.5, 0.6) is 0 Å². The van der Waals surface area contributed by atoms with E-state index in [4.69, 9.17) is 5.11 Å². The van der Waals surface area contributed by atoms with Gasteiger partial charge in [0.2, 0.25) is 0 Å². The van der Waals surface area contributed by atoms with Gasteiger partial charge in [-0.2, -0.15) is 0 Å². The molecule has 2 rings (SSSR count). The molecule has 5 nitrogen and oxygen atoms in total. The fourth-order valence-corrected chi connectivity index (χ4v) is 2.35. The van der Waals surface area contributed by atoms with Crippen molar-refractivity contribution < 1.29 is 14.7 Å². The molecule has 0 heterocycles. The van der Waals surface area contributed by atoms with Gasteiger partial charge in [-0.15, -0.1) is 0 Å². The van der Waals surface area contributed by atoms with Crippen molar-refractivity contribution in [1.29, 1.82) is 0 Å². The average Bonchev–Trinajstić information content (AvgIpc) is 2.79. The molecule has 2 aliphatic rings. The number of carbonyl (C=O) groups excluding carboxylic acids is 1. The van der Waals surface area contributed by atoms with E-state index in [2.05, 4.69) is 12.2 Å². The van der Waals surface area contributed by atoms with Crippen LogP contribution in [0.25, 0.3) is 0 Å². The summed E-state index contributed by atoms with van der Waals surface area (Å²) >= 11 is 0. The van der Waals surface area contributed by atoms with E-state index in [-0.39, 0.29) is 12.1 Å². The standard InChI is InChI=1S/C13H20N2O3/c1-8-5-10(8)7-15(2)13(18)14-11-4-3-9(6-11)12(16)17/h3-4,8-11H,5-7H2,1-2H3,(H,14,18)(H,16,17). The van der Waals surface area contributed by atoms with Crippen molar-refractivity contribution in [3.63, 3.8) is 0 Å². The Morgan fingerprint density at radius 1 is 1.39 bits per heavy atom. The maximum absolute atomic E-state index is 11.9. The van der Waals surface area contributed by atoms with Crippen LogP contribution < -0.4 is 5.32 Å². The minimum absolute atomic E-state index is 0.116. The molecule has 2 aliphatic carbocycles. The predicted molar refractivity (Wildman–Crippen MR) is 67.1 cm³/mol. The Balaban J connectivity index is 1.74. The van der Waals surface area contributed by atoms with Gasteiger partial charge in [-0.25, -0.2) is 4.79 Å². The number of hydrogen-bond donors (Lipinski definition) is 2. The second kappa shape index (κ2) is 5.00. The largest absolute Gasteiger partial charge is 0.481 e. The molecule has 100 valence electrons. The normalized spacial score (nSPS) is 33.2. The third-order valence-corrected chi connectivity index (χ3v) is 3.84. The van der Waals surface area contributed by atoms with Gasteiger partial charge in [0, 0.05) is 13.6 Å². The van der Waals surface area contributed by atoms with Gasteiger partial charge in [0.1, 0.15) is 0 Å². The first-order chi connectivity index (χ1) is 8.47. The van der Waals surface area contributed by atoms with Crippen LogP contribution in [-0.2, 0) is 4.79 Å². The molecular weight excluding hydrogens is 232 g/mol. The SMILES string of the molecule is CC1CC1CN(C)C(=O)NC1C=CC(C(=O)O)C1. The summed E-state index contributed by atoms with van der Waals surface area (Å²) in [5.74, 6) is 0.0573. The fourth-order valence-electron chi connectivity index (χ4n) is 2.35. The minimum atomic E-state index is -0.830. The summed E-state index contributed by atoms with van der Waals surface area (Å²) in [6.45, 7) is 2.97. The first-order valence-corrected chi connectivity index (χ1v) is 6.40. The molecule has 18 heavy (non-hydrogen) atoms. The molecule has 0 saturated heterocycles. The summed E-state index contributed by atoms with van der Waals surface area (Å²) in [5.41, 5.74) is 0. The zero-order valence-electron chi connectivity index (χ0n) is 10.8. The van der Waals surface area contributed by atoms with Crippen LogP contribution in [0.15, 0.2) is 12.2 Å². The third kappa shape index (κ3) is 3.03. The Kier molecular flexibility index (Phi) is 3.59. The monoisotopic (exact) mass is 252 g/mol. The smallest absolute Gasteiger partial charge is 0.317 e. The van der Waals surface area contributed by atoms with Gasteiger partial charge < -0.3 is 15.3 Å². The summed E-state index contributed by atoms with van der Waals surface area (Å²) in [4.78, 5) is 24.4. The van der Waals surface area contributed by atoms with Crippen molar-refractivity contribution in [3.05, 3.63) is 12.2 Å². The van der Waals surface area contributed by atoms with Crippen LogP contribution in [0, 0.1) is 17.8 Å². The lowest BCUT2D eigenvalue weighted by Gasteiger charge is -2.20. The number of carbonyl (C=O) groups is 2. The van der Waals surface area contributed by atoms with E-state index in [1.54, 1.807) is 24.1 Å². The molecular formula is C13H20N2O3. The van der Waals surface area contributed by atoms with E-state index in [0.29, 0.717) is 12.3 Å². The van der Waals surface area contributed by atoms with Crippen LogP contribution in [0.2, 0.25) is 0 Å². The van der Waals surface area contributed by atoms with Gasteiger partial charge in [-0.05, 0) is 24.7 Å². The van der Waals surface area contributed by atoms with Gasteiger partial charge in [-0.3, -0.25) is 4.79 Å². The second-order valence-corrected chi connectivity index (χ2v) is 5.47. The van der Waals surface area contributed by atoms with E-state index in [9.17, 15) is 9.59 Å². The average molecular weight is 252 g/mol. The van der Waals surface area contributed by atoms with Crippen LogP contribution in [0.1, 0.15) is 19.8 Å². The van der Waals surface area contributed by atoms with Gasteiger partial charge in [-0.1, -0.05) is 19.1 Å². The van der Waals surface area contributed by atoms with E-state index in [1.807, 2.05) is 0 Å². The summed E-state index contributed by atoms with van der Waals surface area (Å²) < 4.78 is 0. The second-order valence-electron chi connectivity index (χ2n) is 5.47. The summed E-state index contributed by atoms with van der Waals surface area (Å²) in [5, 5.41) is 11.7. The molecule has 2 N–H and O–H groups in total. The number of hydrogen-bond acceptors (Lipinski definition) is 2. The summed E-state index contributed by atoms with van der Waals surface area (Å²) in [7, 11) is 1.79. The van der Waals surface area contributed by atoms with Crippen molar-refractivity contribution >= 4 is 12.0 Å². The number of carboxylic acids is 1. The van der Waals surface area contributed by atoms with Gasteiger partial charge in [0.15, 0.2) is 0 Å². The zero-order valence-corrected chi connectivity index (χ0v) is 10.8. The molecule has 0 aromatic rings. The molecule has 0 aliphatic heterocycles. The molecule has 1 fully saturated rings. The van der Waals surface area contributed by atoms with Crippen molar-refractivity contribution in [1.82, 2.24) is 10.2 Å². The highest BCUT2D eigenvalue weighted by Crippen LogP contribution is 2.37. The maximum atomic E-state index is 11.9. The molecule has 0 bridgehead atoms. The van der Waals surface area contributed by atoms with Gasteiger partial charge in [0.25, 0.3) is 0 Å². The number of rotatable bonds is 4. The van der Waals surface area contributed by atoms with E-state index < -0.39 is 11.9 Å². The number of nitrogens with one attached hydrogen (secondary N) is 1. The first-order valence-electron chi connectivity index (χ1n) is 6.40. The molecule has 0 aromatic carbocycles. The fraction of sp³-hybridized carbons (Fsp3) is 0.692. The molecule has 4 unspecified atom stereocenters. The van der Waals surface area contributed by atoms with Crippen molar-refractivity contribution in [2.24, 2.45) is 17.8 Å². The van der Waals surface area contributed by atoms with Crippen LogP contribution in [0.4, 0.5) is 4.79 Å². The molecule has 4 atom stereocenters. The third-order valence-electron chi connectivity index (χ3n) is 3.84. The lowest BCUT2D eigenvalue weighted by atomic mass is 10.1. The molecule has 2 amide bonds. The van der Waals surface area contributed by atoms with Crippen LogP contribution in [0.3, 0.4) is 0 Å². The Morgan fingerprint density at radius 2 is 2.06 bits per heavy atom. The highest BCUT2D eigenvalue weighted by Gasteiger charge is 2.34. The van der Waals surface area contributed by atoms with Crippen LogP contribution in [-0.4, -0.2) is 41.6 Å². The van der Waals surface area contributed by atoms with E-state index in [1.165, 1.54) is 6.42 Å². The predicted octanol–water partition coefficient (Wildman–Crippen LogP) is 1.31. The van der Waals surface area contributed by atoms with Crippen LogP contribution >= 0.6 is 0 Å². The topological polar surface area (TPSA) is 69.6 Å². The van der Waals surface area contributed by atoms with Crippen molar-refractivity contribution in [2.45, 2.75) is 25.8 Å². The van der Waals surface area contributed by atoms with Crippen molar-refractivity contribution in [2.75, 3.05) is 13.6 Å². The molecule has 1 saturated carbocycles. The highest BCUT2D eigenvalue weighted by molar-refractivity contribution is 5.76. The summed E-state index contributed by atoms with van der Waals surface area (Å²) in [6.07, 6.45) is 5.07. The number of carboxylic acid groups (broad SMARTS) is 1. The van der Waals surface area contributed by atoms with Gasteiger partial charge >= 0.3 is 12.0 Å². The highest BCUT2D eigenvalue weighted by atomic mass is 16.4.